The predicted octanol–water partition coefficient (Wildman–Crippen LogP) is 1.70. The summed E-state index contributed by atoms with van der Waals surface area (Å²) < 4.78 is 11.2. The minimum absolute atomic E-state index is 0. The lowest BCUT2D eigenvalue weighted by molar-refractivity contribution is -0.125. The van der Waals surface area contributed by atoms with Crippen LogP contribution in [0.4, 0.5) is 5.69 Å². The number of anilines is 1. The van der Waals surface area contributed by atoms with E-state index in [9.17, 15) is 9.59 Å². The van der Waals surface area contributed by atoms with Crippen molar-refractivity contribution in [1.29, 1.82) is 0 Å². The van der Waals surface area contributed by atoms with Crippen molar-refractivity contribution in [1.82, 2.24) is 5.32 Å². The molecule has 7 nitrogen and oxygen atoms in total. The van der Waals surface area contributed by atoms with Gasteiger partial charge in [0.2, 0.25) is 11.8 Å². The van der Waals surface area contributed by atoms with Crippen LogP contribution < -0.4 is 21.1 Å². The van der Waals surface area contributed by atoms with Crippen molar-refractivity contribution in [2.45, 2.75) is 38.8 Å². The lowest BCUT2D eigenvalue weighted by Crippen LogP contribution is -2.46. The lowest BCUT2D eigenvalue weighted by Gasteiger charge is -2.15. The van der Waals surface area contributed by atoms with Crippen LogP contribution in [0.25, 0.3) is 0 Å². The maximum absolute atomic E-state index is 12.0. The molecule has 4 N–H and O–H groups in total. The average molecular weight is 386 g/mol. The lowest BCUT2D eigenvalue weighted by atomic mass is 10.1. The highest BCUT2D eigenvalue weighted by Crippen LogP contribution is 2.19. The van der Waals surface area contributed by atoms with Crippen LogP contribution >= 0.6 is 12.4 Å². The number of amides is 2. The van der Waals surface area contributed by atoms with Crippen molar-refractivity contribution < 1.29 is 19.1 Å². The van der Waals surface area contributed by atoms with Crippen molar-refractivity contribution in [2.24, 2.45) is 11.7 Å². The van der Waals surface area contributed by atoms with Crippen LogP contribution in [0.2, 0.25) is 0 Å². The van der Waals surface area contributed by atoms with E-state index in [1.54, 1.807) is 18.2 Å². The minimum atomic E-state index is -0.623. The minimum Gasteiger partial charge on any atom is -0.491 e. The van der Waals surface area contributed by atoms with Gasteiger partial charge in [-0.05, 0) is 30.9 Å². The largest absolute Gasteiger partial charge is 0.491 e. The summed E-state index contributed by atoms with van der Waals surface area (Å²) in [6, 6.07) is 6.51. The number of ether oxygens (including phenoxy) is 2. The van der Waals surface area contributed by atoms with E-state index in [-0.39, 0.29) is 42.8 Å². The molecule has 0 aromatic heterocycles. The summed E-state index contributed by atoms with van der Waals surface area (Å²) in [5, 5.41) is 5.26. The normalized spacial score (nSPS) is 17.3. The summed E-state index contributed by atoms with van der Waals surface area (Å²) in [4.78, 5) is 23.7. The van der Waals surface area contributed by atoms with Gasteiger partial charge in [0, 0.05) is 18.4 Å². The molecule has 2 rings (SSSR count). The fourth-order valence-electron chi connectivity index (χ4n) is 2.42. The first kappa shape index (κ1) is 22.2. The van der Waals surface area contributed by atoms with Crippen LogP contribution in [-0.4, -0.2) is 43.7 Å². The zero-order valence-electron chi connectivity index (χ0n) is 15.2. The van der Waals surface area contributed by atoms with Crippen molar-refractivity contribution in [3.05, 3.63) is 24.3 Å². The third kappa shape index (κ3) is 7.19. The number of nitrogens with one attached hydrogen (secondary N) is 2. The second-order valence-corrected chi connectivity index (χ2v) is 6.51. The molecule has 1 fully saturated rings. The molecular formula is C18H28ClN3O4. The summed E-state index contributed by atoms with van der Waals surface area (Å²) in [7, 11) is 0. The summed E-state index contributed by atoms with van der Waals surface area (Å²) in [6.45, 7) is 4.87. The zero-order valence-corrected chi connectivity index (χ0v) is 16.0. The Bertz CT molecular complexity index is 592. The SMILES string of the molecule is CC(C)[C@H](N)C(=O)NCC(=O)Nc1cccc(OCC2CCCO2)c1.Cl. The molecule has 0 spiro atoms. The Balaban J connectivity index is 0.00000338. The van der Waals surface area contributed by atoms with Crippen LogP contribution in [0.1, 0.15) is 26.7 Å². The molecule has 0 saturated carbocycles. The molecule has 0 bridgehead atoms. The molecule has 1 unspecified atom stereocenters. The molecule has 2 amide bonds. The van der Waals surface area contributed by atoms with Crippen molar-refractivity contribution >= 4 is 29.9 Å². The number of carbonyl (C=O) groups excluding carboxylic acids is 2. The Morgan fingerprint density at radius 3 is 2.81 bits per heavy atom. The van der Waals surface area contributed by atoms with Gasteiger partial charge in [-0.1, -0.05) is 19.9 Å². The number of benzene rings is 1. The smallest absolute Gasteiger partial charge is 0.243 e. The fourth-order valence-corrected chi connectivity index (χ4v) is 2.42. The third-order valence-corrected chi connectivity index (χ3v) is 4.02. The second kappa shape index (κ2) is 11.0. The van der Waals surface area contributed by atoms with Crippen LogP contribution in [0.15, 0.2) is 24.3 Å². The zero-order chi connectivity index (χ0) is 18.2. The van der Waals surface area contributed by atoms with E-state index in [0.717, 1.165) is 19.4 Å². The molecule has 1 aromatic rings. The highest BCUT2D eigenvalue weighted by molar-refractivity contribution is 5.95. The molecule has 1 saturated heterocycles. The Morgan fingerprint density at radius 1 is 1.38 bits per heavy atom. The number of rotatable bonds is 8. The first-order chi connectivity index (χ1) is 12.0. The van der Waals surface area contributed by atoms with E-state index in [2.05, 4.69) is 10.6 Å². The molecule has 8 heteroatoms. The van der Waals surface area contributed by atoms with Gasteiger partial charge in [-0.3, -0.25) is 9.59 Å². The van der Waals surface area contributed by atoms with Crippen molar-refractivity contribution in [3.8, 4) is 5.75 Å². The van der Waals surface area contributed by atoms with E-state index in [4.69, 9.17) is 15.2 Å². The Labute approximate surface area is 160 Å². The van der Waals surface area contributed by atoms with Crippen LogP contribution in [0.5, 0.6) is 5.75 Å². The van der Waals surface area contributed by atoms with Crippen molar-refractivity contribution in [2.75, 3.05) is 25.1 Å². The number of halogens is 1. The molecular weight excluding hydrogens is 358 g/mol. The van der Waals surface area contributed by atoms with Gasteiger partial charge in [0.25, 0.3) is 0 Å². The van der Waals surface area contributed by atoms with Gasteiger partial charge >= 0.3 is 0 Å². The third-order valence-electron chi connectivity index (χ3n) is 4.02. The van der Waals surface area contributed by atoms with E-state index in [0.29, 0.717) is 18.0 Å². The predicted molar refractivity (Wildman–Crippen MR) is 103 cm³/mol. The molecule has 146 valence electrons. The van der Waals surface area contributed by atoms with Gasteiger partial charge < -0.3 is 25.8 Å². The topological polar surface area (TPSA) is 103 Å². The summed E-state index contributed by atoms with van der Waals surface area (Å²) in [6.07, 6.45) is 2.21. The monoisotopic (exact) mass is 385 g/mol. The molecule has 1 aliphatic rings. The Morgan fingerprint density at radius 2 is 2.15 bits per heavy atom. The molecule has 0 aliphatic carbocycles. The molecule has 1 aromatic carbocycles. The van der Waals surface area contributed by atoms with Gasteiger partial charge in [0.1, 0.15) is 12.4 Å². The van der Waals surface area contributed by atoms with E-state index < -0.39 is 6.04 Å². The van der Waals surface area contributed by atoms with E-state index in [1.165, 1.54) is 0 Å². The van der Waals surface area contributed by atoms with Gasteiger partial charge in [0.15, 0.2) is 0 Å². The Kier molecular flexibility index (Phi) is 9.40. The first-order valence-corrected chi connectivity index (χ1v) is 8.63. The van der Waals surface area contributed by atoms with Gasteiger partial charge in [-0.15, -0.1) is 12.4 Å². The van der Waals surface area contributed by atoms with Gasteiger partial charge in [-0.25, -0.2) is 0 Å². The van der Waals surface area contributed by atoms with Crippen LogP contribution in [0, 0.1) is 5.92 Å². The molecule has 2 atom stereocenters. The van der Waals surface area contributed by atoms with Gasteiger partial charge in [0.05, 0.1) is 18.7 Å². The molecule has 1 aliphatic heterocycles. The van der Waals surface area contributed by atoms with Crippen LogP contribution in [0.3, 0.4) is 0 Å². The first-order valence-electron chi connectivity index (χ1n) is 8.63. The van der Waals surface area contributed by atoms with E-state index in [1.807, 2.05) is 19.9 Å². The van der Waals surface area contributed by atoms with Crippen molar-refractivity contribution in [3.63, 3.8) is 0 Å². The summed E-state index contributed by atoms with van der Waals surface area (Å²) in [5.41, 5.74) is 6.34. The maximum atomic E-state index is 12.0. The highest BCUT2D eigenvalue weighted by atomic mass is 35.5. The maximum Gasteiger partial charge on any atom is 0.243 e. The number of hydrogen-bond donors (Lipinski definition) is 3. The standard InChI is InChI=1S/C18H27N3O4.ClH/c1-12(2)17(19)18(23)20-10-16(22)21-13-5-3-6-14(9-13)25-11-15-7-4-8-24-15;/h3,5-6,9,12,15,17H,4,7-8,10-11,19H2,1-2H3,(H,20,23)(H,21,22);1H/t15?,17-;/m0./s1. The number of carbonyl (C=O) groups is 2. The molecule has 0 radical (unpaired) electrons. The summed E-state index contributed by atoms with van der Waals surface area (Å²) >= 11 is 0. The Hall–Kier alpha value is -1.83. The number of hydrogen-bond acceptors (Lipinski definition) is 5. The van der Waals surface area contributed by atoms with Crippen LogP contribution in [-0.2, 0) is 14.3 Å². The van der Waals surface area contributed by atoms with E-state index >= 15 is 0 Å². The molecule has 26 heavy (non-hydrogen) atoms. The molecule has 1 heterocycles. The fraction of sp³-hybridized carbons (Fsp3) is 0.556. The summed E-state index contributed by atoms with van der Waals surface area (Å²) in [5.74, 6) is 0.0271. The highest BCUT2D eigenvalue weighted by Gasteiger charge is 2.18. The second-order valence-electron chi connectivity index (χ2n) is 6.51. The number of nitrogens with two attached hydrogens (primary N) is 1. The van der Waals surface area contributed by atoms with Gasteiger partial charge in [-0.2, -0.15) is 0 Å². The quantitative estimate of drug-likeness (QED) is 0.632. The average Bonchev–Trinajstić information content (AvgIpc) is 3.11.